The van der Waals surface area contributed by atoms with Crippen molar-refractivity contribution in [1.29, 1.82) is 0 Å². The molecule has 0 bridgehead atoms. The number of rotatable bonds is 8. The molecule has 0 heterocycles. The van der Waals surface area contributed by atoms with Gasteiger partial charge in [-0.15, -0.1) is 0 Å². The third kappa shape index (κ3) is 8.93. The second kappa shape index (κ2) is 8.35. The lowest BCUT2D eigenvalue weighted by atomic mass is 9.95. The molecule has 0 aromatic rings. The van der Waals surface area contributed by atoms with Crippen LogP contribution >= 0.6 is 0 Å². The summed E-state index contributed by atoms with van der Waals surface area (Å²) in [5, 5.41) is 3.68. The molecule has 0 aromatic carbocycles. The fourth-order valence-corrected chi connectivity index (χ4v) is 2.62. The summed E-state index contributed by atoms with van der Waals surface area (Å²) in [7, 11) is 0. The van der Waals surface area contributed by atoms with Gasteiger partial charge in [0.15, 0.2) is 0 Å². The van der Waals surface area contributed by atoms with E-state index < -0.39 is 0 Å². The zero-order valence-corrected chi connectivity index (χ0v) is 14.3. The van der Waals surface area contributed by atoms with Crippen molar-refractivity contribution < 1.29 is 9.47 Å². The average Bonchev–Trinajstić information content (AvgIpc) is 2.35. The van der Waals surface area contributed by atoms with Crippen molar-refractivity contribution in [2.24, 2.45) is 0 Å². The first-order valence-electron chi connectivity index (χ1n) is 8.30. The minimum absolute atomic E-state index is 0.0666. The second-order valence-corrected chi connectivity index (χ2v) is 7.61. The van der Waals surface area contributed by atoms with Crippen molar-refractivity contribution in [1.82, 2.24) is 5.32 Å². The Morgan fingerprint density at radius 1 is 0.900 bits per heavy atom. The second-order valence-electron chi connectivity index (χ2n) is 7.61. The van der Waals surface area contributed by atoms with Gasteiger partial charge in [0.05, 0.1) is 24.4 Å². The molecule has 1 fully saturated rings. The number of nitrogens with one attached hydrogen (secondary N) is 1. The number of hydrogen-bond donors (Lipinski definition) is 1. The molecule has 20 heavy (non-hydrogen) atoms. The van der Waals surface area contributed by atoms with Crippen LogP contribution in [0.4, 0.5) is 0 Å². The van der Waals surface area contributed by atoms with Crippen LogP contribution in [0, 0.1) is 0 Å². The van der Waals surface area contributed by atoms with Crippen LogP contribution in [0.1, 0.15) is 73.1 Å². The van der Waals surface area contributed by atoms with Crippen LogP contribution < -0.4 is 5.32 Å². The molecule has 0 saturated heterocycles. The number of hydrogen-bond acceptors (Lipinski definition) is 3. The molecular weight excluding hydrogens is 250 g/mol. The maximum absolute atomic E-state index is 5.95. The minimum atomic E-state index is -0.0734. The minimum Gasteiger partial charge on any atom is -0.373 e. The molecule has 120 valence electrons. The molecule has 3 nitrogen and oxygen atoms in total. The van der Waals surface area contributed by atoms with E-state index in [0.29, 0.717) is 13.2 Å². The highest BCUT2D eigenvalue weighted by molar-refractivity contribution is 4.75. The van der Waals surface area contributed by atoms with Crippen molar-refractivity contribution in [2.75, 3.05) is 19.8 Å². The molecule has 0 unspecified atom stereocenters. The molecule has 0 aliphatic heterocycles. The molecule has 1 rings (SSSR count). The molecule has 0 aromatic heterocycles. The van der Waals surface area contributed by atoms with Crippen LogP contribution in [0.5, 0.6) is 0 Å². The fourth-order valence-electron chi connectivity index (χ4n) is 2.62. The Balaban J connectivity index is 2.07. The first kappa shape index (κ1) is 17.9. The Morgan fingerprint density at radius 3 is 2.10 bits per heavy atom. The Labute approximate surface area is 125 Å². The van der Waals surface area contributed by atoms with E-state index in [1.165, 1.54) is 32.1 Å². The van der Waals surface area contributed by atoms with Crippen LogP contribution in [0.2, 0.25) is 0 Å². The lowest BCUT2D eigenvalue weighted by Gasteiger charge is -2.29. The van der Waals surface area contributed by atoms with Gasteiger partial charge in [0.2, 0.25) is 0 Å². The fraction of sp³-hybridized carbons (Fsp3) is 1.00. The summed E-state index contributed by atoms with van der Waals surface area (Å²) in [6.07, 6.45) is 7.95. The van der Waals surface area contributed by atoms with Crippen LogP contribution in [0.25, 0.3) is 0 Å². The molecule has 3 heteroatoms. The molecular formula is C17H35NO2. The average molecular weight is 285 g/mol. The van der Waals surface area contributed by atoms with Crippen LogP contribution in [0.15, 0.2) is 0 Å². The summed E-state index contributed by atoms with van der Waals surface area (Å²) in [6, 6.07) is 0.740. The Hall–Kier alpha value is -0.120. The predicted octanol–water partition coefficient (Wildman–Crippen LogP) is 3.91. The summed E-state index contributed by atoms with van der Waals surface area (Å²) in [5.74, 6) is 0. The van der Waals surface area contributed by atoms with Crippen molar-refractivity contribution in [2.45, 2.75) is 90.4 Å². The Morgan fingerprint density at radius 2 is 1.50 bits per heavy atom. The van der Waals surface area contributed by atoms with Crippen LogP contribution in [-0.2, 0) is 9.47 Å². The van der Waals surface area contributed by atoms with E-state index in [1.807, 2.05) is 0 Å². The van der Waals surface area contributed by atoms with Crippen molar-refractivity contribution in [3.05, 3.63) is 0 Å². The molecule has 1 aliphatic rings. The first-order valence-corrected chi connectivity index (χ1v) is 8.30. The quantitative estimate of drug-likeness (QED) is 0.686. The smallest absolute Gasteiger partial charge is 0.0708 e. The predicted molar refractivity (Wildman–Crippen MR) is 85.2 cm³/mol. The monoisotopic (exact) mass is 285 g/mol. The standard InChI is InChI=1S/C17H35NO2/c1-16(2,3)19-13-14-20-17(4,5)11-12-18-15-9-7-6-8-10-15/h15,18H,6-14H2,1-5H3. The first-order chi connectivity index (χ1) is 9.29. The summed E-state index contributed by atoms with van der Waals surface area (Å²) in [6.45, 7) is 13.0. The highest BCUT2D eigenvalue weighted by Crippen LogP contribution is 2.19. The summed E-state index contributed by atoms with van der Waals surface area (Å²) in [4.78, 5) is 0. The normalized spacial score (nSPS) is 18.4. The van der Waals surface area contributed by atoms with E-state index in [0.717, 1.165) is 19.0 Å². The molecule has 0 radical (unpaired) electrons. The van der Waals surface area contributed by atoms with Crippen molar-refractivity contribution in [3.8, 4) is 0 Å². The van der Waals surface area contributed by atoms with Gasteiger partial charge in [-0.3, -0.25) is 0 Å². The van der Waals surface area contributed by atoms with Gasteiger partial charge in [-0.2, -0.15) is 0 Å². The topological polar surface area (TPSA) is 30.5 Å². The molecule has 1 saturated carbocycles. The van der Waals surface area contributed by atoms with Crippen LogP contribution in [0.3, 0.4) is 0 Å². The van der Waals surface area contributed by atoms with Gasteiger partial charge in [-0.05, 0) is 60.4 Å². The Bertz CT molecular complexity index is 252. The summed E-state index contributed by atoms with van der Waals surface area (Å²) >= 11 is 0. The molecule has 1 N–H and O–H groups in total. The van der Waals surface area contributed by atoms with Crippen molar-refractivity contribution in [3.63, 3.8) is 0 Å². The van der Waals surface area contributed by atoms with Crippen molar-refractivity contribution >= 4 is 0 Å². The summed E-state index contributed by atoms with van der Waals surface area (Å²) in [5.41, 5.74) is -0.140. The maximum atomic E-state index is 5.95. The van der Waals surface area contributed by atoms with Gasteiger partial charge in [-0.25, -0.2) is 0 Å². The number of ether oxygens (including phenoxy) is 2. The molecule has 0 atom stereocenters. The molecule has 1 aliphatic carbocycles. The van der Waals surface area contributed by atoms with Crippen LogP contribution in [-0.4, -0.2) is 37.0 Å². The van der Waals surface area contributed by atoms with E-state index in [1.54, 1.807) is 0 Å². The van der Waals surface area contributed by atoms with Gasteiger partial charge in [0, 0.05) is 6.04 Å². The maximum Gasteiger partial charge on any atom is 0.0708 e. The highest BCUT2D eigenvalue weighted by atomic mass is 16.5. The van der Waals surface area contributed by atoms with E-state index in [4.69, 9.17) is 9.47 Å². The molecule has 0 amide bonds. The van der Waals surface area contributed by atoms with Gasteiger partial charge in [-0.1, -0.05) is 19.3 Å². The largest absolute Gasteiger partial charge is 0.373 e. The third-order valence-corrected chi connectivity index (χ3v) is 3.88. The Kier molecular flexibility index (Phi) is 7.49. The zero-order chi connectivity index (χ0) is 15.1. The van der Waals surface area contributed by atoms with E-state index >= 15 is 0 Å². The van der Waals surface area contributed by atoms with Gasteiger partial charge in [0.25, 0.3) is 0 Å². The van der Waals surface area contributed by atoms with Gasteiger partial charge < -0.3 is 14.8 Å². The van der Waals surface area contributed by atoms with E-state index in [-0.39, 0.29) is 11.2 Å². The van der Waals surface area contributed by atoms with E-state index in [2.05, 4.69) is 39.9 Å². The SMILES string of the molecule is CC(C)(C)OCCOC(C)(C)CCNC1CCCCC1. The highest BCUT2D eigenvalue weighted by Gasteiger charge is 2.20. The lowest BCUT2D eigenvalue weighted by molar-refractivity contribution is -0.0808. The van der Waals surface area contributed by atoms with Gasteiger partial charge >= 0.3 is 0 Å². The summed E-state index contributed by atoms with van der Waals surface area (Å²) < 4.78 is 11.6. The molecule has 0 spiro atoms. The van der Waals surface area contributed by atoms with Gasteiger partial charge in [0.1, 0.15) is 0 Å². The van der Waals surface area contributed by atoms with E-state index in [9.17, 15) is 0 Å². The third-order valence-electron chi connectivity index (χ3n) is 3.88. The zero-order valence-electron chi connectivity index (χ0n) is 14.3. The lowest BCUT2D eigenvalue weighted by Crippen LogP contribution is -2.37.